The van der Waals surface area contributed by atoms with Crippen LogP contribution in [0.15, 0.2) is 41.8 Å². The largest absolute Gasteiger partial charge is 0.467 e. The first-order valence-corrected chi connectivity index (χ1v) is 8.22. The zero-order valence-corrected chi connectivity index (χ0v) is 14.3. The first-order chi connectivity index (χ1) is 10.1. The first kappa shape index (κ1) is 16.0. The molecule has 0 bridgehead atoms. The Balaban J connectivity index is 2.09. The lowest BCUT2D eigenvalue weighted by Crippen LogP contribution is -2.42. The molecule has 1 unspecified atom stereocenters. The van der Waals surface area contributed by atoms with E-state index >= 15 is 0 Å². The molecule has 6 heteroatoms. The van der Waals surface area contributed by atoms with Crippen molar-refractivity contribution in [2.75, 3.05) is 7.11 Å². The topological polar surface area (TPSA) is 55.4 Å². The molecule has 4 nitrogen and oxygen atoms in total. The van der Waals surface area contributed by atoms with Gasteiger partial charge in [-0.05, 0) is 34.2 Å². The van der Waals surface area contributed by atoms with Gasteiger partial charge >= 0.3 is 5.97 Å². The molecule has 0 aliphatic rings. The molecule has 0 aliphatic carbocycles. The van der Waals surface area contributed by atoms with Crippen LogP contribution >= 0.6 is 33.9 Å². The smallest absolute Gasteiger partial charge is 0.328 e. The first-order valence-electron chi connectivity index (χ1n) is 6.27. The van der Waals surface area contributed by atoms with Gasteiger partial charge in [0.1, 0.15) is 6.04 Å². The van der Waals surface area contributed by atoms with Gasteiger partial charge in [-0.1, -0.05) is 30.3 Å². The van der Waals surface area contributed by atoms with Crippen LogP contribution in [0, 0.1) is 2.88 Å². The van der Waals surface area contributed by atoms with Crippen molar-refractivity contribution in [3.05, 3.63) is 55.8 Å². The predicted molar refractivity (Wildman–Crippen MR) is 90.5 cm³/mol. The number of halogens is 1. The molecule has 1 N–H and O–H groups in total. The molecule has 0 spiro atoms. The van der Waals surface area contributed by atoms with E-state index in [-0.39, 0.29) is 5.91 Å². The molecule has 2 rings (SSSR count). The van der Waals surface area contributed by atoms with Crippen LogP contribution in [0.25, 0.3) is 0 Å². The van der Waals surface area contributed by atoms with Gasteiger partial charge in [-0.3, -0.25) is 4.79 Å². The summed E-state index contributed by atoms with van der Waals surface area (Å²) in [5, 5.41) is 4.51. The molecule has 0 fully saturated rings. The summed E-state index contributed by atoms with van der Waals surface area (Å²) in [5.74, 6) is -0.711. The molecule has 1 aromatic carbocycles. The highest BCUT2D eigenvalue weighted by Gasteiger charge is 2.22. The highest BCUT2D eigenvalue weighted by atomic mass is 127. The van der Waals surface area contributed by atoms with Crippen LogP contribution in [0.3, 0.4) is 0 Å². The Bertz CT molecular complexity index is 627. The van der Waals surface area contributed by atoms with Gasteiger partial charge < -0.3 is 10.1 Å². The lowest BCUT2D eigenvalue weighted by atomic mass is 10.1. The molecule has 21 heavy (non-hydrogen) atoms. The Morgan fingerprint density at radius 1 is 1.33 bits per heavy atom. The van der Waals surface area contributed by atoms with Crippen LogP contribution in [0.2, 0.25) is 0 Å². The summed E-state index contributed by atoms with van der Waals surface area (Å²) in [4.78, 5) is 24.0. The number of nitrogens with one attached hydrogen (secondary N) is 1. The van der Waals surface area contributed by atoms with Gasteiger partial charge in [0.25, 0.3) is 5.91 Å². The summed E-state index contributed by atoms with van der Waals surface area (Å²) in [6.45, 7) is 0. The van der Waals surface area contributed by atoms with Gasteiger partial charge in [-0.25, -0.2) is 4.79 Å². The average molecular weight is 415 g/mol. The van der Waals surface area contributed by atoms with Crippen molar-refractivity contribution in [3.8, 4) is 0 Å². The molecule has 1 aromatic heterocycles. The lowest BCUT2D eigenvalue weighted by Gasteiger charge is -2.16. The molecule has 2 aromatic rings. The van der Waals surface area contributed by atoms with Crippen molar-refractivity contribution in [2.45, 2.75) is 12.5 Å². The fraction of sp³-hybridized carbons (Fsp3) is 0.200. The fourth-order valence-corrected chi connectivity index (χ4v) is 3.18. The van der Waals surface area contributed by atoms with Gasteiger partial charge in [0.15, 0.2) is 0 Å². The van der Waals surface area contributed by atoms with E-state index in [9.17, 15) is 9.59 Å². The van der Waals surface area contributed by atoms with Crippen molar-refractivity contribution >= 4 is 45.8 Å². The Morgan fingerprint density at radius 3 is 2.62 bits per heavy atom. The Hall–Kier alpha value is -1.41. The minimum absolute atomic E-state index is 0.263. The van der Waals surface area contributed by atoms with Crippen LogP contribution in [0.5, 0.6) is 0 Å². The lowest BCUT2D eigenvalue weighted by molar-refractivity contribution is -0.142. The number of ether oxygens (including phenoxy) is 1. The standard InChI is InChI=1S/C15H14INO3S/c1-20-15(19)12(7-10-5-3-2-4-6-10)17-14(18)11-8-13(16)21-9-11/h2-6,8-9,12H,7H2,1H3,(H,17,18). The fourth-order valence-electron chi connectivity index (χ4n) is 1.86. The second kappa shape index (κ2) is 7.56. The van der Waals surface area contributed by atoms with Gasteiger partial charge in [0.05, 0.1) is 15.6 Å². The Labute approximate surface area is 140 Å². The van der Waals surface area contributed by atoms with Crippen molar-refractivity contribution in [2.24, 2.45) is 0 Å². The predicted octanol–water partition coefficient (Wildman–Crippen LogP) is 2.87. The van der Waals surface area contributed by atoms with E-state index in [1.807, 2.05) is 30.3 Å². The summed E-state index contributed by atoms with van der Waals surface area (Å²) in [6, 6.07) is 10.6. The SMILES string of the molecule is COC(=O)C(Cc1ccccc1)NC(=O)c1csc(I)c1. The van der Waals surface area contributed by atoms with Crippen molar-refractivity contribution in [3.63, 3.8) is 0 Å². The summed E-state index contributed by atoms with van der Waals surface area (Å²) in [7, 11) is 1.32. The van der Waals surface area contributed by atoms with Crippen molar-refractivity contribution in [1.82, 2.24) is 5.32 Å². The second-order valence-electron chi connectivity index (χ2n) is 4.38. The molecule has 0 saturated carbocycles. The van der Waals surface area contributed by atoms with Crippen LogP contribution in [-0.4, -0.2) is 25.0 Å². The number of methoxy groups -OCH3 is 1. The highest BCUT2D eigenvalue weighted by molar-refractivity contribution is 14.1. The number of hydrogen-bond donors (Lipinski definition) is 1. The zero-order chi connectivity index (χ0) is 15.2. The van der Waals surface area contributed by atoms with Gasteiger partial charge in [-0.15, -0.1) is 11.3 Å². The van der Waals surface area contributed by atoms with E-state index in [1.54, 1.807) is 11.4 Å². The number of thiophene rings is 1. The Morgan fingerprint density at radius 2 is 2.05 bits per heavy atom. The van der Waals surface area contributed by atoms with E-state index < -0.39 is 12.0 Å². The third-order valence-corrected chi connectivity index (χ3v) is 4.69. The minimum Gasteiger partial charge on any atom is -0.467 e. The van der Waals surface area contributed by atoms with Crippen molar-refractivity contribution < 1.29 is 14.3 Å². The number of esters is 1. The molecule has 110 valence electrons. The maximum atomic E-state index is 12.2. The normalized spacial score (nSPS) is 11.7. The maximum Gasteiger partial charge on any atom is 0.328 e. The molecule has 1 amide bonds. The van der Waals surface area contributed by atoms with Gasteiger partial charge in [0.2, 0.25) is 0 Å². The van der Waals surface area contributed by atoms with Gasteiger partial charge in [0, 0.05) is 11.8 Å². The summed E-state index contributed by atoms with van der Waals surface area (Å²) >= 11 is 3.64. The van der Waals surface area contributed by atoms with Gasteiger partial charge in [-0.2, -0.15) is 0 Å². The van der Waals surface area contributed by atoms with Crippen LogP contribution in [0.4, 0.5) is 0 Å². The number of carbonyl (C=O) groups is 2. The van der Waals surface area contributed by atoms with E-state index in [0.717, 1.165) is 8.45 Å². The minimum atomic E-state index is -0.692. The molecule has 0 aliphatic heterocycles. The molecule has 0 saturated heterocycles. The molecule has 1 atom stereocenters. The van der Waals surface area contributed by atoms with E-state index in [1.165, 1.54) is 18.4 Å². The molecular formula is C15H14INO3S. The van der Waals surface area contributed by atoms with Crippen LogP contribution in [-0.2, 0) is 16.0 Å². The molecular weight excluding hydrogens is 401 g/mol. The quantitative estimate of drug-likeness (QED) is 0.604. The maximum absolute atomic E-state index is 12.2. The van der Waals surface area contributed by atoms with Crippen molar-refractivity contribution in [1.29, 1.82) is 0 Å². The van der Waals surface area contributed by atoms with E-state index in [0.29, 0.717) is 12.0 Å². The number of amides is 1. The highest BCUT2D eigenvalue weighted by Crippen LogP contribution is 2.16. The summed E-state index contributed by atoms with van der Waals surface area (Å²) in [5.41, 5.74) is 1.53. The zero-order valence-electron chi connectivity index (χ0n) is 11.3. The number of rotatable bonds is 5. The van der Waals surface area contributed by atoms with E-state index in [4.69, 9.17) is 4.74 Å². The number of benzene rings is 1. The molecule has 1 heterocycles. The summed E-state index contributed by atoms with van der Waals surface area (Å²) in [6.07, 6.45) is 0.403. The average Bonchev–Trinajstić information content (AvgIpc) is 2.93. The molecule has 0 radical (unpaired) electrons. The second-order valence-corrected chi connectivity index (χ2v) is 7.18. The third-order valence-electron chi connectivity index (χ3n) is 2.90. The number of hydrogen-bond acceptors (Lipinski definition) is 4. The monoisotopic (exact) mass is 415 g/mol. The van der Waals surface area contributed by atoms with E-state index in [2.05, 4.69) is 27.9 Å². The van der Waals surface area contributed by atoms with Crippen LogP contribution < -0.4 is 5.32 Å². The van der Waals surface area contributed by atoms with Crippen LogP contribution in [0.1, 0.15) is 15.9 Å². The Kier molecular flexibility index (Phi) is 5.75. The number of carbonyl (C=O) groups excluding carboxylic acids is 2. The summed E-state index contributed by atoms with van der Waals surface area (Å²) < 4.78 is 5.80. The third kappa shape index (κ3) is 4.53.